The first-order valence-electron chi connectivity index (χ1n) is 11.6. The number of halogens is 3. The summed E-state index contributed by atoms with van der Waals surface area (Å²) in [6.07, 6.45) is 1.15. The van der Waals surface area contributed by atoms with Gasteiger partial charge in [0.2, 0.25) is 5.88 Å². The minimum absolute atomic E-state index is 0.0388. The molecule has 180 valence electrons. The van der Waals surface area contributed by atoms with Crippen LogP contribution < -0.4 is 4.74 Å². The first-order chi connectivity index (χ1) is 16.7. The molecule has 0 N–H and O–H groups in total. The zero-order valence-electron chi connectivity index (χ0n) is 19.2. The summed E-state index contributed by atoms with van der Waals surface area (Å²) in [4.78, 5) is 28.5. The number of alkyl halides is 3. The summed E-state index contributed by atoms with van der Waals surface area (Å²) in [5, 5.41) is 0. The standard InChI is InChI=1S/C26H23F3N4O2/c1-14-7-9-31-22(20(14)21-15(2)4-3-8-30-21)24(34)33-13-17-10-25(17)11-18(23(25)33)35-19-6-5-16(12-32-19)26(27,28)29/h3-9,12,17-18,23H,10-11,13H2,1-2H3. The molecule has 3 aromatic rings. The van der Waals surface area contributed by atoms with E-state index in [4.69, 9.17) is 4.74 Å². The van der Waals surface area contributed by atoms with Crippen LogP contribution in [0, 0.1) is 25.2 Å². The highest BCUT2D eigenvalue weighted by molar-refractivity contribution is 6.00. The summed E-state index contributed by atoms with van der Waals surface area (Å²) >= 11 is 0. The summed E-state index contributed by atoms with van der Waals surface area (Å²) < 4.78 is 44.6. The topological polar surface area (TPSA) is 68.2 Å². The van der Waals surface area contributed by atoms with E-state index in [9.17, 15) is 18.0 Å². The van der Waals surface area contributed by atoms with E-state index in [1.807, 2.05) is 36.9 Å². The van der Waals surface area contributed by atoms with Crippen molar-refractivity contribution in [2.75, 3.05) is 6.54 Å². The number of pyridine rings is 3. The lowest BCUT2D eigenvalue weighted by Gasteiger charge is -2.46. The first-order valence-corrected chi connectivity index (χ1v) is 11.6. The second kappa shape index (κ2) is 7.50. The maximum absolute atomic E-state index is 13.8. The van der Waals surface area contributed by atoms with Gasteiger partial charge in [-0.1, -0.05) is 6.07 Å². The van der Waals surface area contributed by atoms with Crippen LogP contribution in [-0.4, -0.2) is 44.4 Å². The molecule has 9 heteroatoms. The van der Waals surface area contributed by atoms with Crippen LogP contribution >= 0.6 is 0 Å². The minimum atomic E-state index is -4.45. The average Bonchev–Trinajstić information content (AvgIpc) is 3.47. The Balaban J connectivity index is 1.28. The Bertz CT molecular complexity index is 1330. The maximum atomic E-state index is 13.8. The zero-order chi connectivity index (χ0) is 24.5. The van der Waals surface area contributed by atoms with Gasteiger partial charge in [-0.25, -0.2) is 4.98 Å². The van der Waals surface area contributed by atoms with Crippen LogP contribution in [0.5, 0.6) is 5.88 Å². The van der Waals surface area contributed by atoms with Gasteiger partial charge in [-0.05, 0) is 61.9 Å². The molecule has 4 heterocycles. The van der Waals surface area contributed by atoms with E-state index in [0.717, 1.165) is 47.5 Å². The lowest BCUT2D eigenvalue weighted by atomic mass is 9.73. The second-order valence-electron chi connectivity index (χ2n) is 9.80. The highest BCUT2D eigenvalue weighted by Crippen LogP contribution is 2.71. The van der Waals surface area contributed by atoms with Gasteiger partial charge in [-0.2, -0.15) is 13.2 Å². The number of hydrogen-bond acceptors (Lipinski definition) is 5. The van der Waals surface area contributed by atoms with Gasteiger partial charge in [-0.3, -0.25) is 14.8 Å². The number of hydrogen-bond donors (Lipinski definition) is 0. The van der Waals surface area contributed by atoms with E-state index in [2.05, 4.69) is 15.0 Å². The number of carbonyl (C=O) groups excluding carboxylic acids is 1. The number of rotatable bonds is 4. The van der Waals surface area contributed by atoms with Gasteiger partial charge in [0.15, 0.2) is 0 Å². The summed E-state index contributed by atoms with van der Waals surface area (Å²) in [5.74, 6) is 0.383. The molecule has 0 radical (unpaired) electrons. The van der Waals surface area contributed by atoms with Gasteiger partial charge >= 0.3 is 6.18 Å². The Morgan fingerprint density at radius 1 is 1.06 bits per heavy atom. The minimum Gasteiger partial charge on any atom is -0.472 e. The van der Waals surface area contributed by atoms with Crippen molar-refractivity contribution in [1.29, 1.82) is 0 Å². The molecule has 3 aliphatic rings. The fourth-order valence-corrected chi connectivity index (χ4v) is 5.93. The van der Waals surface area contributed by atoms with Gasteiger partial charge in [0.05, 0.1) is 17.3 Å². The predicted molar refractivity (Wildman–Crippen MR) is 121 cm³/mol. The molecule has 0 aromatic carbocycles. The highest BCUT2D eigenvalue weighted by Gasteiger charge is 2.76. The van der Waals surface area contributed by atoms with E-state index >= 15 is 0 Å². The molecule has 1 spiro atoms. The SMILES string of the molecule is Cc1cccnc1-c1c(C)ccnc1C(=O)N1CC2CC23CC(Oc2ccc(C(F)(F)F)cn2)C13. The van der Waals surface area contributed by atoms with E-state index < -0.39 is 11.7 Å². The molecule has 6 nitrogen and oxygen atoms in total. The molecular weight excluding hydrogens is 457 g/mol. The normalized spacial score (nSPS) is 26.5. The predicted octanol–water partition coefficient (Wildman–Crippen LogP) is 4.86. The zero-order valence-corrected chi connectivity index (χ0v) is 19.2. The van der Waals surface area contributed by atoms with Gasteiger partial charge < -0.3 is 9.64 Å². The van der Waals surface area contributed by atoms with Crippen molar-refractivity contribution in [2.24, 2.45) is 11.3 Å². The third-order valence-corrected chi connectivity index (χ3v) is 7.76. The monoisotopic (exact) mass is 480 g/mol. The molecule has 1 saturated heterocycles. The fourth-order valence-electron chi connectivity index (χ4n) is 5.93. The third-order valence-electron chi connectivity index (χ3n) is 7.76. The third kappa shape index (κ3) is 3.39. The Kier molecular flexibility index (Phi) is 4.72. The van der Waals surface area contributed by atoms with Crippen LogP contribution in [0.1, 0.15) is 40.0 Å². The quantitative estimate of drug-likeness (QED) is 0.534. The van der Waals surface area contributed by atoms with Gasteiger partial charge in [-0.15, -0.1) is 0 Å². The van der Waals surface area contributed by atoms with Crippen molar-refractivity contribution < 1.29 is 22.7 Å². The van der Waals surface area contributed by atoms with Crippen molar-refractivity contribution in [3.8, 4) is 17.1 Å². The van der Waals surface area contributed by atoms with Crippen molar-refractivity contribution in [2.45, 2.75) is 45.0 Å². The number of likely N-dealkylation sites (tertiary alicyclic amines) is 1. The molecule has 0 bridgehead atoms. The second-order valence-corrected chi connectivity index (χ2v) is 9.80. The number of aryl methyl sites for hydroxylation is 2. The fraction of sp³-hybridized carbons (Fsp3) is 0.385. The summed E-state index contributed by atoms with van der Waals surface area (Å²) in [6, 6.07) is 7.74. The summed E-state index contributed by atoms with van der Waals surface area (Å²) in [6.45, 7) is 4.52. The largest absolute Gasteiger partial charge is 0.472 e. The lowest BCUT2D eigenvalue weighted by molar-refractivity contribution is -0.137. The number of ether oxygens (including phenoxy) is 1. The van der Waals surface area contributed by atoms with Gasteiger partial charge in [0.25, 0.3) is 5.91 Å². The molecule has 2 saturated carbocycles. The molecular formula is C26H23F3N4O2. The first kappa shape index (κ1) is 22.0. The molecule has 3 aromatic heterocycles. The molecule has 2 aliphatic carbocycles. The summed E-state index contributed by atoms with van der Waals surface area (Å²) in [7, 11) is 0. The Labute approximate surface area is 200 Å². The molecule has 6 rings (SSSR count). The number of aromatic nitrogens is 3. The number of amides is 1. The van der Waals surface area contributed by atoms with Crippen molar-refractivity contribution >= 4 is 5.91 Å². The van der Waals surface area contributed by atoms with Gasteiger partial charge in [0.1, 0.15) is 11.8 Å². The smallest absolute Gasteiger partial charge is 0.417 e. The van der Waals surface area contributed by atoms with E-state index in [1.165, 1.54) is 6.07 Å². The molecule has 1 amide bonds. The van der Waals surface area contributed by atoms with E-state index in [0.29, 0.717) is 18.2 Å². The van der Waals surface area contributed by atoms with Crippen LogP contribution in [0.2, 0.25) is 0 Å². The van der Waals surface area contributed by atoms with Crippen LogP contribution in [0.4, 0.5) is 13.2 Å². The number of carbonyl (C=O) groups is 1. The Morgan fingerprint density at radius 3 is 2.60 bits per heavy atom. The van der Waals surface area contributed by atoms with E-state index in [1.54, 1.807) is 12.4 Å². The van der Waals surface area contributed by atoms with Crippen LogP contribution in [0.15, 0.2) is 48.9 Å². The highest BCUT2D eigenvalue weighted by atomic mass is 19.4. The lowest BCUT2D eigenvalue weighted by Crippen LogP contribution is -2.59. The maximum Gasteiger partial charge on any atom is 0.417 e. The molecule has 4 unspecified atom stereocenters. The number of nitrogens with zero attached hydrogens (tertiary/aromatic N) is 4. The van der Waals surface area contributed by atoms with Gasteiger partial charge in [0, 0.05) is 42.2 Å². The molecule has 35 heavy (non-hydrogen) atoms. The average molecular weight is 480 g/mol. The number of piperidine rings is 1. The Morgan fingerprint density at radius 2 is 1.89 bits per heavy atom. The van der Waals surface area contributed by atoms with Crippen molar-refractivity contribution in [3.63, 3.8) is 0 Å². The Hall–Kier alpha value is -3.49. The van der Waals surface area contributed by atoms with Crippen molar-refractivity contribution in [1.82, 2.24) is 19.9 Å². The van der Waals surface area contributed by atoms with Crippen LogP contribution in [-0.2, 0) is 6.18 Å². The van der Waals surface area contributed by atoms with Crippen LogP contribution in [0.3, 0.4) is 0 Å². The molecule has 1 aliphatic heterocycles. The molecule has 4 atom stereocenters. The van der Waals surface area contributed by atoms with Crippen LogP contribution in [0.25, 0.3) is 11.3 Å². The summed E-state index contributed by atoms with van der Waals surface area (Å²) in [5.41, 5.74) is 2.91. The van der Waals surface area contributed by atoms with E-state index in [-0.39, 0.29) is 29.3 Å². The van der Waals surface area contributed by atoms with Crippen molar-refractivity contribution in [3.05, 3.63) is 71.3 Å². The molecule has 3 fully saturated rings.